The zero-order valence-corrected chi connectivity index (χ0v) is 20.2. The Morgan fingerprint density at radius 3 is 2.26 bits per heavy atom. The van der Waals surface area contributed by atoms with E-state index in [2.05, 4.69) is 87.0 Å². The van der Waals surface area contributed by atoms with E-state index in [1.54, 1.807) is 6.20 Å². The summed E-state index contributed by atoms with van der Waals surface area (Å²) >= 11 is 0. The lowest BCUT2D eigenvalue weighted by atomic mass is 9.87. The number of pyridine rings is 1. The minimum absolute atomic E-state index is 0.115. The first-order valence-corrected chi connectivity index (χ1v) is 12.6. The number of aromatic nitrogens is 3. The Morgan fingerprint density at radius 1 is 0.829 bits per heavy atom. The van der Waals surface area contributed by atoms with Crippen molar-refractivity contribution in [1.82, 2.24) is 20.3 Å². The van der Waals surface area contributed by atoms with Gasteiger partial charge in [0.05, 0.1) is 0 Å². The molecule has 1 amide bonds. The molecule has 5 heteroatoms. The average Bonchev–Trinajstić information content (AvgIpc) is 3.36. The summed E-state index contributed by atoms with van der Waals surface area (Å²) in [5, 5.41) is 3.03. The van der Waals surface area contributed by atoms with E-state index in [0.29, 0.717) is 18.9 Å². The van der Waals surface area contributed by atoms with Gasteiger partial charge in [0.2, 0.25) is 5.91 Å². The van der Waals surface area contributed by atoms with Crippen LogP contribution in [0.2, 0.25) is 0 Å². The van der Waals surface area contributed by atoms with Gasteiger partial charge in [-0.25, -0.2) is 4.98 Å². The van der Waals surface area contributed by atoms with Crippen molar-refractivity contribution in [3.05, 3.63) is 120 Å². The van der Waals surface area contributed by atoms with Crippen LogP contribution >= 0.6 is 0 Å². The molecule has 0 spiro atoms. The molecular weight excluding hydrogens is 432 g/mol. The summed E-state index contributed by atoms with van der Waals surface area (Å²) in [4.78, 5) is 24.3. The molecule has 2 heterocycles. The molecule has 0 saturated carbocycles. The number of carbonyl (C=O) groups excluding carboxylic acids is 1. The van der Waals surface area contributed by atoms with Crippen LogP contribution in [0.5, 0.6) is 0 Å². The van der Waals surface area contributed by atoms with Crippen LogP contribution in [0.15, 0.2) is 91.4 Å². The Kier molecular flexibility index (Phi) is 9.22. The van der Waals surface area contributed by atoms with Gasteiger partial charge in [-0.15, -0.1) is 0 Å². The molecule has 2 aromatic heterocycles. The van der Waals surface area contributed by atoms with Crippen LogP contribution in [-0.4, -0.2) is 27.4 Å². The molecule has 4 aromatic rings. The number of unbranched alkanes of at least 4 members (excludes halogenated alkanes) is 1. The first-order valence-electron chi connectivity index (χ1n) is 12.6. The minimum atomic E-state index is 0.115. The van der Waals surface area contributed by atoms with Crippen molar-refractivity contribution in [2.24, 2.45) is 0 Å². The number of aryl methyl sites for hydroxylation is 2. The summed E-state index contributed by atoms with van der Waals surface area (Å²) in [6.07, 6.45) is 11.6. The summed E-state index contributed by atoms with van der Waals surface area (Å²) in [7, 11) is 0. The van der Waals surface area contributed by atoms with Gasteiger partial charge in [0.1, 0.15) is 5.82 Å². The van der Waals surface area contributed by atoms with Crippen LogP contribution in [0.1, 0.15) is 59.8 Å². The van der Waals surface area contributed by atoms with Gasteiger partial charge >= 0.3 is 0 Å². The molecule has 0 aliphatic rings. The molecular formula is C30H34N4O. The van der Waals surface area contributed by atoms with Crippen LogP contribution < -0.4 is 5.32 Å². The third-order valence-corrected chi connectivity index (χ3v) is 6.31. The van der Waals surface area contributed by atoms with E-state index >= 15 is 0 Å². The molecule has 35 heavy (non-hydrogen) atoms. The number of benzene rings is 2. The summed E-state index contributed by atoms with van der Waals surface area (Å²) in [5.41, 5.74) is 4.94. The molecule has 0 unspecified atom stereocenters. The van der Waals surface area contributed by atoms with Crippen molar-refractivity contribution in [3.63, 3.8) is 0 Å². The molecule has 2 aromatic carbocycles. The van der Waals surface area contributed by atoms with Crippen molar-refractivity contribution < 1.29 is 4.79 Å². The van der Waals surface area contributed by atoms with E-state index in [-0.39, 0.29) is 5.91 Å². The Labute approximate surface area is 208 Å². The van der Waals surface area contributed by atoms with Gasteiger partial charge in [0.25, 0.3) is 0 Å². The summed E-state index contributed by atoms with van der Waals surface area (Å²) in [6.45, 7) is 0.625. The largest absolute Gasteiger partial charge is 0.356 e. The third kappa shape index (κ3) is 7.92. The standard InChI is InChI=1S/C30H34N4O/c35-30(16-8-7-10-24-11-9-20-31-22-24)32-21-19-27-23-33-29(34-27)18-17-28(25-12-3-1-4-13-25)26-14-5-2-6-15-26/h1-6,9,11-15,20,22-23,28H,7-8,10,16-19,21H2,(H,32,35)(H,33,34). The Hall–Kier alpha value is -3.73. The molecule has 0 saturated heterocycles. The Balaban J connectivity index is 1.18. The molecule has 2 N–H and O–H groups in total. The molecule has 0 atom stereocenters. The highest BCUT2D eigenvalue weighted by Gasteiger charge is 2.15. The van der Waals surface area contributed by atoms with Crippen LogP contribution in [0.3, 0.4) is 0 Å². The van der Waals surface area contributed by atoms with Gasteiger partial charge in [-0.1, -0.05) is 66.7 Å². The van der Waals surface area contributed by atoms with Crippen molar-refractivity contribution in [2.45, 2.75) is 50.9 Å². The number of hydrogen-bond donors (Lipinski definition) is 2. The Morgan fingerprint density at radius 2 is 1.57 bits per heavy atom. The first-order chi connectivity index (χ1) is 17.3. The highest BCUT2D eigenvalue weighted by atomic mass is 16.1. The number of imidazole rings is 1. The fourth-order valence-electron chi connectivity index (χ4n) is 4.42. The van der Waals surface area contributed by atoms with Gasteiger partial charge in [0, 0.05) is 56.0 Å². The monoisotopic (exact) mass is 466 g/mol. The number of rotatable bonds is 13. The first kappa shape index (κ1) is 24.4. The highest BCUT2D eigenvalue weighted by Crippen LogP contribution is 2.28. The van der Waals surface area contributed by atoms with Crippen molar-refractivity contribution in [3.8, 4) is 0 Å². The van der Waals surface area contributed by atoms with Gasteiger partial charge in [0.15, 0.2) is 0 Å². The summed E-state index contributed by atoms with van der Waals surface area (Å²) in [5.74, 6) is 1.45. The van der Waals surface area contributed by atoms with Crippen LogP contribution in [0.25, 0.3) is 0 Å². The van der Waals surface area contributed by atoms with Crippen LogP contribution in [0.4, 0.5) is 0 Å². The lowest BCUT2D eigenvalue weighted by Crippen LogP contribution is -2.25. The number of carbonyl (C=O) groups is 1. The highest BCUT2D eigenvalue weighted by molar-refractivity contribution is 5.75. The third-order valence-electron chi connectivity index (χ3n) is 6.31. The molecule has 0 radical (unpaired) electrons. The molecule has 0 aliphatic carbocycles. The maximum absolute atomic E-state index is 12.1. The van der Waals surface area contributed by atoms with E-state index in [4.69, 9.17) is 0 Å². The maximum atomic E-state index is 12.1. The molecule has 0 fully saturated rings. The Bertz CT molecular complexity index is 1100. The quantitative estimate of drug-likeness (QED) is 0.251. The van der Waals surface area contributed by atoms with E-state index in [9.17, 15) is 4.79 Å². The number of nitrogens with one attached hydrogen (secondary N) is 2. The summed E-state index contributed by atoms with van der Waals surface area (Å²) < 4.78 is 0. The normalized spacial score (nSPS) is 11.0. The lowest BCUT2D eigenvalue weighted by Gasteiger charge is -2.17. The zero-order chi connectivity index (χ0) is 24.1. The van der Waals surface area contributed by atoms with Crippen LogP contribution in [-0.2, 0) is 24.1 Å². The zero-order valence-electron chi connectivity index (χ0n) is 20.2. The van der Waals surface area contributed by atoms with Crippen molar-refractivity contribution >= 4 is 5.91 Å². The minimum Gasteiger partial charge on any atom is -0.356 e. The van der Waals surface area contributed by atoms with E-state index in [0.717, 1.165) is 50.0 Å². The van der Waals surface area contributed by atoms with Gasteiger partial charge in [-0.2, -0.15) is 0 Å². The fraction of sp³-hybridized carbons (Fsp3) is 0.300. The fourth-order valence-corrected chi connectivity index (χ4v) is 4.42. The number of H-pyrrole nitrogens is 1. The second-order valence-electron chi connectivity index (χ2n) is 8.94. The number of aromatic amines is 1. The van der Waals surface area contributed by atoms with Crippen molar-refractivity contribution in [1.29, 1.82) is 0 Å². The van der Waals surface area contributed by atoms with E-state index in [1.807, 2.05) is 18.5 Å². The van der Waals surface area contributed by atoms with Gasteiger partial charge < -0.3 is 10.3 Å². The topological polar surface area (TPSA) is 70.7 Å². The maximum Gasteiger partial charge on any atom is 0.220 e. The lowest BCUT2D eigenvalue weighted by molar-refractivity contribution is -0.121. The SMILES string of the molecule is O=C(CCCCc1cccnc1)NCCc1cnc(CCC(c2ccccc2)c2ccccc2)[nH]1. The molecule has 180 valence electrons. The van der Waals surface area contributed by atoms with E-state index in [1.165, 1.54) is 16.7 Å². The molecule has 0 aliphatic heterocycles. The van der Waals surface area contributed by atoms with E-state index < -0.39 is 0 Å². The van der Waals surface area contributed by atoms with Crippen molar-refractivity contribution in [2.75, 3.05) is 6.54 Å². The molecule has 0 bridgehead atoms. The second-order valence-corrected chi connectivity index (χ2v) is 8.94. The molecule has 5 nitrogen and oxygen atoms in total. The average molecular weight is 467 g/mol. The number of nitrogens with zero attached hydrogens (tertiary/aromatic N) is 2. The predicted molar refractivity (Wildman–Crippen MR) is 140 cm³/mol. The number of hydrogen-bond acceptors (Lipinski definition) is 3. The number of amides is 1. The van der Waals surface area contributed by atoms with Gasteiger partial charge in [-0.05, 0) is 48.4 Å². The van der Waals surface area contributed by atoms with Gasteiger partial charge in [-0.3, -0.25) is 9.78 Å². The second kappa shape index (κ2) is 13.2. The molecule has 4 rings (SSSR count). The summed E-state index contributed by atoms with van der Waals surface area (Å²) in [6, 6.07) is 25.4. The smallest absolute Gasteiger partial charge is 0.220 e. The predicted octanol–water partition coefficient (Wildman–Crippen LogP) is 5.64. The van der Waals surface area contributed by atoms with Crippen LogP contribution in [0, 0.1) is 0 Å².